The Kier molecular flexibility index (Phi) is 14.1. The number of nitrogens with zero attached hydrogens (tertiary/aromatic N) is 3. The summed E-state index contributed by atoms with van der Waals surface area (Å²) < 4.78 is 94.2. The molecule has 1 heterocycles. The number of benzene rings is 3. The Balaban J connectivity index is 0.000000980. The number of aromatic nitrogens is 2. The van der Waals surface area contributed by atoms with Crippen molar-refractivity contribution >= 4 is 32.7 Å². The molecule has 0 amide bonds. The minimum atomic E-state index is -5.19. The second-order valence-corrected chi connectivity index (χ2v) is 14.5. The number of sulfonamides is 1. The van der Waals surface area contributed by atoms with Crippen LogP contribution in [0.15, 0.2) is 58.2 Å². The minimum absolute atomic E-state index is 0.0472. The molecule has 0 bridgehead atoms. The topological polar surface area (TPSA) is 159 Å². The molecule has 0 atom stereocenters. The number of halogens is 3. The summed E-state index contributed by atoms with van der Waals surface area (Å²) >= 11 is 0. The van der Waals surface area contributed by atoms with Crippen LogP contribution in [0.2, 0.25) is 0 Å². The summed E-state index contributed by atoms with van der Waals surface area (Å²) in [6, 6.07) is 12.8. The first-order valence-electron chi connectivity index (χ1n) is 16.3. The van der Waals surface area contributed by atoms with Gasteiger partial charge in [0.05, 0.1) is 76.7 Å². The van der Waals surface area contributed by atoms with Crippen molar-refractivity contribution in [2.24, 2.45) is 14.1 Å². The SMILES string of the molecule is CCCOc1cc(OCCCC[N+](C)(C)C)cc(Oc2cc3c(cc2NS(=O)(=O)c2ccc(OC)c(OC)c2)n(C)c(=O)n3C)c1.O=C([O-])C(F)(F)F. The van der Waals surface area contributed by atoms with Crippen molar-refractivity contribution in [1.82, 2.24) is 9.13 Å². The average molecular weight is 771 g/mol. The monoisotopic (exact) mass is 770 g/mol. The van der Waals surface area contributed by atoms with Gasteiger partial charge in [-0.15, -0.1) is 0 Å². The highest BCUT2D eigenvalue weighted by molar-refractivity contribution is 7.92. The van der Waals surface area contributed by atoms with Gasteiger partial charge in [-0.05, 0) is 37.5 Å². The van der Waals surface area contributed by atoms with E-state index < -0.39 is 22.2 Å². The molecule has 53 heavy (non-hydrogen) atoms. The van der Waals surface area contributed by atoms with Crippen molar-refractivity contribution in [1.29, 1.82) is 0 Å². The van der Waals surface area contributed by atoms with Gasteiger partial charge in [0.15, 0.2) is 17.2 Å². The molecular formula is C35H45F3N4O10S. The van der Waals surface area contributed by atoms with E-state index in [-0.39, 0.29) is 27.8 Å². The van der Waals surface area contributed by atoms with E-state index in [0.717, 1.165) is 30.3 Å². The first-order valence-corrected chi connectivity index (χ1v) is 17.8. The van der Waals surface area contributed by atoms with Crippen LogP contribution in [0, 0.1) is 0 Å². The fourth-order valence-electron chi connectivity index (χ4n) is 4.87. The summed E-state index contributed by atoms with van der Waals surface area (Å²) in [6.07, 6.45) is -2.49. The van der Waals surface area contributed by atoms with Crippen molar-refractivity contribution in [3.63, 3.8) is 0 Å². The maximum atomic E-state index is 13.6. The third-order valence-corrected chi connectivity index (χ3v) is 8.92. The number of imidazole rings is 1. The van der Waals surface area contributed by atoms with Crippen molar-refractivity contribution in [3.8, 4) is 34.5 Å². The number of alkyl halides is 3. The van der Waals surface area contributed by atoms with Crippen LogP contribution >= 0.6 is 0 Å². The van der Waals surface area contributed by atoms with Gasteiger partial charge in [-0.1, -0.05) is 6.92 Å². The number of ether oxygens (including phenoxy) is 5. The van der Waals surface area contributed by atoms with Crippen LogP contribution in [-0.2, 0) is 28.9 Å². The lowest BCUT2D eigenvalue weighted by molar-refractivity contribution is -0.870. The fraction of sp³-hybridized carbons (Fsp3) is 0.429. The minimum Gasteiger partial charge on any atom is -0.542 e. The number of carboxylic acid groups (broad SMARTS) is 1. The Bertz CT molecular complexity index is 2060. The van der Waals surface area contributed by atoms with Gasteiger partial charge in [0, 0.05) is 44.4 Å². The largest absolute Gasteiger partial charge is 0.542 e. The van der Waals surface area contributed by atoms with Crippen molar-refractivity contribution in [3.05, 3.63) is 59.0 Å². The predicted molar refractivity (Wildman–Crippen MR) is 190 cm³/mol. The van der Waals surface area contributed by atoms with Gasteiger partial charge in [-0.25, -0.2) is 13.2 Å². The van der Waals surface area contributed by atoms with Gasteiger partial charge < -0.3 is 38.1 Å². The number of quaternary nitrogens is 1. The Morgan fingerprint density at radius 1 is 0.830 bits per heavy atom. The highest BCUT2D eigenvalue weighted by Gasteiger charge is 2.29. The lowest BCUT2D eigenvalue weighted by atomic mass is 10.2. The second-order valence-electron chi connectivity index (χ2n) is 12.8. The molecule has 14 nitrogen and oxygen atoms in total. The number of anilines is 1. The number of hydrogen-bond acceptors (Lipinski definition) is 10. The van der Waals surface area contributed by atoms with E-state index in [2.05, 4.69) is 25.9 Å². The van der Waals surface area contributed by atoms with Crippen LogP contribution in [0.4, 0.5) is 18.9 Å². The van der Waals surface area contributed by atoms with Gasteiger partial charge in [0.1, 0.15) is 23.2 Å². The first kappa shape index (κ1) is 42.3. The molecule has 18 heteroatoms. The van der Waals surface area contributed by atoms with Crippen LogP contribution in [0.3, 0.4) is 0 Å². The van der Waals surface area contributed by atoms with E-state index in [4.69, 9.17) is 33.6 Å². The molecule has 4 rings (SSSR count). The number of hydrogen-bond donors (Lipinski definition) is 1. The number of methoxy groups -OCH3 is 2. The van der Waals surface area contributed by atoms with E-state index in [1.807, 2.05) is 13.0 Å². The molecule has 0 radical (unpaired) electrons. The molecule has 4 aromatic rings. The lowest BCUT2D eigenvalue weighted by Gasteiger charge is -2.23. The van der Waals surface area contributed by atoms with Gasteiger partial charge in [-0.2, -0.15) is 13.2 Å². The molecule has 0 saturated carbocycles. The third kappa shape index (κ3) is 11.7. The lowest BCUT2D eigenvalue weighted by Crippen LogP contribution is -2.37. The molecule has 0 aliphatic carbocycles. The number of fused-ring (bicyclic) bond motifs is 1. The summed E-state index contributed by atoms with van der Waals surface area (Å²) in [5, 5.41) is 8.78. The molecule has 292 valence electrons. The van der Waals surface area contributed by atoms with Gasteiger partial charge in [0.2, 0.25) is 0 Å². The van der Waals surface area contributed by atoms with E-state index in [0.29, 0.717) is 47.2 Å². The van der Waals surface area contributed by atoms with E-state index in [9.17, 15) is 26.4 Å². The second kappa shape index (κ2) is 17.6. The van der Waals surface area contributed by atoms with E-state index in [1.165, 1.54) is 41.6 Å². The Morgan fingerprint density at radius 2 is 1.38 bits per heavy atom. The van der Waals surface area contributed by atoms with Crippen molar-refractivity contribution in [2.45, 2.75) is 37.3 Å². The summed E-state index contributed by atoms with van der Waals surface area (Å²) in [5.74, 6) is -0.677. The van der Waals surface area contributed by atoms with Gasteiger partial charge in [0.25, 0.3) is 10.0 Å². The normalized spacial score (nSPS) is 11.8. The average Bonchev–Trinajstić information content (AvgIpc) is 3.28. The number of carbonyl (C=O) groups excluding carboxylic acids is 1. The number of rotatable bonds is 16. The summed E-state index contributed by atoms with van der Waals surface area (Å²) in [6.45, 7) is 4.07. The summed E-state index contributed by atoms with van der Waals surface area (Å²) in [5.41, 5.74) is 0.939. The Morgan fingerprint density at radius 3 is 1.91 bits per heavy atom. The Labute approximate surface area is 305 Å². The molecule has 1 aromatic heterocycles. The number of carboxylic acids is 1. The number of aliphatic carboxylic acids is 1. The van der Waals surface area contributed by atoms with Crippen LogP contribution in [0.5, 0.6) is 34.5 Å². The molecule has 0 fully saturated rings. The van der Waals surface area contributed by atoms with Crippen molar-refractivity contribution in [2.75, 3.05) is 59.8 Å². The number of unbranched alkanes of at least 4 members (excludes halogenated alkanes) is 1. The maximum Gasteiger partial charge on any atom is 0.430 e. The molecule has 0 aliphatic rings. The third-order valence-electron chi connectivity index (χ3n) is 7.56. The molecular weight excluding hydrogens is 725 g/mol. The molecule has 0 spiro atoms. The van der Waals surface area contributed by atoms with E-state index >= 15 is 0 Å². The highest BCUT2D eigenvalue weighted by Crippen LogP contribution is 2.38. The van der Waals surface area contributed by atoms with Crippen LogP contribution in [0.1, 0.15) is 26.2 Å². The van der Waals surface area contributed by atoms with E-state index in [1.54, 1.807) is 38.4 Å². The first-order chi connectivity index (χ1) is 24.7. The fourth-order valence-corrected chi connectivity index (χ4v) is 5.95. The molecule has 0 aliphatic heterocycles. The van der Waals surface area contributed by atoms with Crippen LogP contribution in [-0.4, -0.2) is 89.3 Å². The summed E-state index contributed by atoms with van der Waals surface area (Å²) in [4.78, 5) is 21.5. The zero-order valence-corrected chi connectivity index (χ0v) is 31.6. The molecule has 1 N–H and O–H groups in total. The number of carbonyl (C=O) groups is 1. The molecule has 3 aromatic carbocycles. The zero-order chi connectivity index (χ0) is 39.7. The maximum absolute atomic E-state index is 13.6. The highest BCUT2D eigenvalue weighted by atomic mass is 32.2. The smallest absolute Gasteiger partial charge is 0.430 e. The van der Waals surface area contributed by atoms with Crippen LogP contribution in [0.25, 0.3) is 11.0 Å². The van der Waals surface area contributed by atoms with Gasteiger partial charge >= 0.3 is 11.9 Å². The predicted octanol–water partition coefficient (Wildman–Crippen LogP) is 4.44. The van der Waals surface area contributed by atoms with Gasteiger partial charge in [-0.3, -0.25) is 13.9 Å². The van der Waals surface area contributed by atoms with Crippen LogP contribution < -0.4 is 39.2 Å². The summed E-state index contributed by atoms with van der Waals surface area (Å²) in [7, 11) is 8.50. The van der Waals surface area contributed by atoms with Crippen molar-refractivity contribution < 1.29 is 59.7 Å². The Hall–Kier alpha value is -5.10. The quantitative estimate of drug-likeness (QED) is 0.128. The standard InChI is InChI=1S/C33H45N4O8S.C2HF3O2/c1-9-15-43-23-17-24(44-16-11-10-14-37(4,5)6)19-25(18-23)45-31-22-29-28(35(2)33(38)36(29)3)21-27(31)34-46(39,40)26-12-13-30(41-7)32(20-26)42-8;3-2(4,5)1(6)7/h12-13,17-22,34H,9-11,14-16H2,1-8H3;(H,6,7)/q+1;/p-1. The number of nitrogens with one attached hydrogen (secondary N) is 1. The number of aryl methyl sites for hydroxylation is 2. The molecule has 0 unspecified atom stereocenters. The molecule has 0 saturated heterocycles. The zero-order valence-electron chi connectivity index (χ0n) is 30.8.